The van der Waals surface area contributed by atoms with Crippen LogP contribution in [0, 0.1) is 5.82 Å². The summed E-state index contributed by atoms with van der Waals surface area (Å²) in [5, 5.41) is 1.07. The van der Waals surface area contributed by atoms with Gasteiger partial charge in [-0.15, -0.1) is 0 Å². The largest absolute Gasteiger partial charge is 0.342 e. The van der Waals surface area contributed by atoms with Crippen molar-refractivity contribution in [2.75, 3.05) is 6.54 Å². The second-order valence-electron chi connectivity index (χ2n) is 6.28. The van der Waals surface area contributed by atoms with Crippen LogP contribution in [0.15, 0.2) is 59.6 Å². The number of nitrogens with zero attached hydrogens (tertiary/aromatic N) is 2. The fourth-order valence-electron chi connectivity index (χ4n) is 3.22. The Morgan fingerprint density at radius 2 is 1.89 bits per heavy atom. The van der Waals surface area contributed by atoms with Gasteiger partial charge in [0.1, 0.15) is 10.1 Å². The molecule has 1 saturated heterocycles. The molecular weight excluding hydrogens is 379 g/mol. The first-order chi connectivity index (χ1) is 13.1. The zero-order valence-corrected chi connectivity index (χ0v) is 16.3. The Labute approximate surface area is 166 Å². The van der Waals surface area contributed by atoms with Gasteiger partial charge in [-0.1, -0.05) is 54.3 Å². The second kappa shape index (κ2) is 7.29. The van der Waals surface area contributed by atoms with Gasteiger partial charge in [-0.2, -0.15) is 0 Å². The third kappa shape index (κ3) is 3.42. The van der Waals surface area contributed by atoms with Gasteiger partial charge in [0.25, 0.3) is 5.91 Å². The number of fused-ring (bicyclic) bond motifs is 1. The summed E-state index contributed by atoms with van der Waals surface area (Å²) in [6.07, 6.45) is 3.95. The molecule has 136 valence electrons. The molecule has 1 aliphatic heterocycles. The van der Waals surface area contributed by atoms with Gasteiger partial charge in [0, 0.05) is 35.8 Å². The summed E-state index contributed by atoms with van der Waals surface area (Å²) in [6.45, 7) is 3.13. The lowest BCUT2D eigenvalue weighted by Gasteiger charge is -2.09. The van der Waals surface area contributed by atoms with E-state index in [9.17, 15) is 9.18 Å². The van der Waals surface area contributed by atoms with Gasteiger partial charge < -0.3 is 4.57 Å². The van der Waals surface area contributed by atoms with Gasteiger partial charge in [-0.25, -0.2) is 4.39 Å². The number of hydrogen-bond acceptors (Lipinski definition) is 3. The van der Waals surface area contributed by atoms with Crippen molar-refractivity contribution in [2.45, 2.75) is 13.5 Å². The lowest BCUT2D eigenvalue weighted by atomic mass is 10.1. The molecule has 0 spiro atoms. The van der Waals surface area contributed by atoms with E-state index in [1.54, 1.807) is 17.0 Å². The number of carbonyl (C=O) groups is 1. The lowest BCUT2D eigenvalue weighted by molar-refractivity contribution is -0.121. The Kier molecular flexibility index (Phi) is 4.85. The minimum atomic E-state index is -0.241. The third-order valence-corrected chi connectivity index (χ3v) is 5.94. The molecule has 3 aromatic rings. The van der Waals surface area contributed by atoms with Crippen LogP contribution in [0.3, 0.4) is 0 Å². The molecule has 2 heterocycles. The number of aromatic nitrogens is 1. The SMILES string of the molecule is CCN1C(=O)C(=Cc2cn(Cc3ccc(F)cc3)c3ccccc23)SC1=S. The molecule has 4 rings (SSSR count). The second-order valence-corrected chi connectivity index (χ2v) is 7.96. The number of hydrogen-bond donors (Lipinski definition) is 0. The van der Waals surface area contributed by atoms with Crippen molar-refractivity contribution in [1.82, 2.24) is 9.47 Å². The number of thiocarbonyl (C=S) groups is 1. The number of thioether (sulfide) groups is 1. The first-order valence-corrected chi connectivity index (χ1v) is 9.87. The summed E-state index contributed by atoms with van der Waals surface area (Å²) in [5.41, 5.74) is 3.06. The number of para-hydroxylation sites is 1. The van der Waals surface area contributed by atoms with Crippen molar-refractivity contribution in [3.63, 3.8) is 0 Å². The normalized spacial score (nSPS) is 16.1. The van der Waals surface area contributed by atoms with Crippen LogP contribution in [0.25, 0.3) is 17.0 Å². The van der Waals surface area contributed by atoms with Gasteiger partial charge in [0.05, 0.1) is 4.91 Å². The van der Waals surface area contributed by atoms with Crippen molar-refractivity contribution in [3.8, 4) is 0 Å². The van der Waals surface area contributed by atoms with E-state index in [0.29, 0.717) is 22.3 Å². The molecule has 1 fully saturated rings. The molecule has 6 heteroatoms. The average molecular weight is 397 g/mol. The molecule has 0 N–H and O–H groups in total. The highest BCUT2D eigenvalue weighted by Crippen LogP contribution is 2.34. The summed E-state index contributed by atoms with van der Waals surface area (Å²) < 4.78 is 15.9. The minimum Gasteiger partial charge on any atom is -0.342 e. The molecule has 0 radical (unpaired) electrons. The van der Waals surface area contributed by atoms with E-state index >= 15 is 0 Å². The number of rotatable bonds is 4. The number of likely N-dealkylation sites (N-methyl/N-ethyl adjacent to an activating group) is 1. The molecule has 0 unspecified atom stereocenters. The van der Waals surface area contributed by atoms with Gasteiger partial charge in [0.2, 0.25) is 0 Å². The fraction of sp³-hybridized carbons (Fsp3) is 0.143. The van der Waals surface area contributed by atoms with Crippen molar-refractivity contribution < 1.29 is 9.18 Å². The van der Waals surface area contributed by atoms with E-state index in [1.165, 1.54) is 23.9 Å². The molecule has 1 aromatic heterocycles. The van der Waals surface area contributed by atoms with E-state index in [4.69, 9.17) is 12.2 Å². The van der Waals surface area contributed by atoms with Gasteiger partial charge in [0.15, 0.2) is 0 Å². The van der Waals surface area contributed by atoms with E-state index in [2.05, 4.69) is 4.57 Å². The van der Waals surface area contributed by atoms with Crippen LogP contribution >= 0.6 is 24.0 Å². The first kappa shape index (κ1) is 17.9. The average Bonchev–Trinajstić information content (AvgIpc) is 3.14. The lowest BCUT2D eigenvalue weighted by Crippen LogP contribution is -2.27. The Morgan fingerprint density at radius 1 is 1.15 bits per heavy atom. The fourth-order valence-corrected chi connectivity index (χ4v) is 4.60. The zero-order valence-electron chi connectivity index (χ0n) is 14.7. The van der Waals surface area contributed by atoms with Crippen molar-refractivity contribution in [2.24, 2.45) is 0 Å². The number of carbonyl (C=O) groups excluding carboxylic acids is 1. The Morgan fingerprint density at radius 3 is 2.59 bits per heavy atom. The Hall–Kier alpha value is -2.44. The zero-order chi connectivity index (χ0) is 19.0. The molecule has 2 aromatic carbocycles. The van der Waals surface area contributed by atoms with Crippen LogP contribution in [-0.4, -0.2) is 26.2 Å². The molecule has 0 saturated carbocycles. The maximum atomic E-state index is 13.2. The molecule has 0 atom stereocenters. The molecule has 1 aliphatic rings. The van der Waals surface area contributed by atoms with E-state index < -0.39 is 0 Å². The van der Waals surface area contributed by atoms with Gasteiger partial charge >= 0.3 is 0 Å². The monoisotopic (exact) mass is 396 g/mol. The molecule has 1 amide bonds. The van der Waals surface area contributed by atoms with Gasteiger partial charge in [-0.3, -0.25) is 9.69 Å². The molecule has 3 nitrogen and oxygen atoms in total. The highest BCUT2D eigenvalue weighted by molar-refractivity contribution is 8.26. The summed E-state index contributed by atoms with van der Waals surface area (Å²) >= 11 is 6.64. The molecule has 0 aliphatic carbocycles. The first-order valence-electron chi connectivity index (χ1n) is 8.64. The van der Waals surface area contributed by atoms with E-state index in [0.717, 1.165) is 22.0 Å². The smallest absolute Gasteiger partial charge is 0.266 e. The number of halogens is 1. The number of amides is 1. The van der Waals surface area contributed by atoms with Crippen LogP contribution < -0.4 is 0 Å². The van der Waals surface area contributed by atoms with Crippen LogP contribution in [0.1, 0.15) is 18.1 Å². The third-order valence-electron chi connectivity index (χ3n) is 4.56. The minimum absolute atomic E-state index is 0.0390. The van der Waals surface area contributed by atoms with Crippen molar-refractivity contribution in [1.29, 1.82) is 0 Å². The van der Waals surface area contributed by atoms with E-state index in [1.807, 2.05) is 43.5 Å². The van der Waals surface area contributed by atoms with Crippen molar-refractivity contribution >= 4 is 51.2 Å². The molecule has 0 bridgehead atoms. The number of benzene rings is 2. The Bertz CT molecular complexity index is 1070. The van der Waals surface area contributed by atoms with Crippen molar-refractivity contribution in [3.05, 3.63) is 76.6 Å². The predicted molar refractivity (Wildman–Crippen MR) is 113 cm³/mol. The Balaban J connectivity index is 1.74. The summed E-state index contributed by atoms with van der Waals surface area (Å²) in [4.78, 5) is 14.8. The van der Waals surface area contributed by atoms with Crippen LogP contribution in [-0.2, 0) is 11.3 Å². The standard InChI is InChI=1S/C21H17FN2OS2/c1-2-24-20(25)19(27-21(24)26)11-15-13-23(18-6-4-3-5-17(15)18)12-14-7-9-16(22)10-8-14/h3-11,13H,2,12H2,1H3. The summed E-state index contributed by atoms with van der Waals surface area (Å²) in [5.74, 6) is -0.280. The predicted octanol–water partition coefficient (Wildman–Crippen LogP) is 5.05. The molecule has 27 heavy (non-hydrogen) atoms. The summed E-state index contributed by atoms with van der Waals surface area (Å²) in [7, 11) is 0. The van der Waals surface area contributed by atoms with Crippen LogP contribution in [0.4, 0.5) is 4.39 Å². The molecular formula is C21H17FN2OS2. The topological polar surface area (TPSA) is 25.2 Å². The highest BCUT2D eigenvalue weighted by atomic mass is 32.2. The van der Waals surface area contributed by atoms with Crippen LogP contribution in [0.2, 0.25) is 0 Å². The van der Waals surface area contributed by atoms with Crippen LogP contribution in [0.5, 0.6) is 0 Å². The maximum Gasteiger partial charge on any atom is 0.266 e. The van der Waals surface area contributed by atoms with E-state index in [-0.39, 0.29) is 11.7 Å². The maximum absolute atomic E-state index is 13.2. The summed E-state index contributed by atoms with van der Waals surface area (Å²) in [6, 6.07) is 14.6. The van der Waals surface area contributed by atoms with Gasteiger partial charge in [-0.05, 0) is 36.8 Å². The quantitative estimate of drug-likeness (QED) is 0.456. The highest BCUT2D eigenvalue weighted by Gasteiger charge is 2.30.